The number of hydrogen-bond donors (Lipinski definition) is 1. The molecule has 0 saturated heterocycles. The highest BCUT2D eigenvalue weighted by molar-refractivity contribution is 6.10. The lowest BCUT2D eigenvalue weighted by Crippen LogP contribution is -2.09. The Labute approximate surface area is 181 Å². The van der Waals surface area contributed by atoms with E-state index in [0.29, 0.717) is 16.8 Å². The largest absolute Gasteiger partial charge is 0.367 e. The number of fused-ring (bicyclic) bond motifs is 3. The van der Waals surface area contributed by atoms with Crippen molar-refractivity contribution in [2.75, 3.05) is 11.9 Å². The lowest BCUT2D eigenvalue weighted by atomic mass is 9.97. The predicted molar refractivity (Wildman–Crippen MR) is 123 cm³/mol. The third-order valence-corrected chi connectivity index (χ3v) is 5.91. The van der Waals surface area contributed by atoms with Gasteiger partial charge in [0.2, 0.25) is 5.65 Å². The molecule has 6 heteroatoms. The van der Waals surface area contributed by atoms with E-state index in [1.54, 1.807) is 0 Å². The van der Waals surface area contributed by atoms with Crippen LogP contribution in [0.4, 0.5) is 5.82 Å². The summed E-state index contributed by atoms with van der Waals surface area (Å²) in [7, 11) is 0. The fraction of sp³-hybridized carbons (Fsp3) is 0.280. The molecule has 5 rings (SSSR count). The molecule has 31 heavy (non-hydrogen) atoms. The van der Waals surface area contributed by atoms with Gasteiger partial charge in [0, 0.05) is 17.7 Å². The van der Waals surface area contributed by atoms with Gasteiger partial charge in [-0.25, -0.2) is 4.98 Å². The molecule has 0 saturated carbocycles. The second kappa shape index (κ2) is 8.30. The van der Waals surface area contributed by atoms with E-state index in [0.717, 1.165) is 35.6 Å². The van der Waals surface area contributed by atoms with Crippen molar-refractivity contribution in [2.45, 2.75) is 39.0 Å². The lowest BCUT2D eigenvalue weighted by Gasteiger charge is -2.14. The number of allylic oxidation sites excluding steroid dienone is 1. The van der Waals surface area contributed by atoms with Crippen molar-refractivity contribution in [3.63, 3.8) is 0 Å². The van der Waals surface area contributed by atoms with Crippen LogP contribution < -0.4 is 5.32 Å². The molecule has 1 N–H and O–H groups in total. The van der Waals surface area contributed by atoms with E-state index in [2.05, 4.69) is 21.6 Å². The number of carbonyl (C=O) groups excluding carboxylic acids is 1. The van der Waals surface area contributed by atoms with Crippen molar-refractivity contribution in [2.24, 2.45) is 0 Å². The molecule has 2 heterocycles. The minimum Gasteiger partial charge on any atom is -0.367 e. The number of aryl methyl sites for hydroxylation is 1. The predicted octanol–water partition coefficient (Wildman–Crippen LogP) is 5.12. The van der Waals surface area contributed by atoms with Gasteiger partial charge in [0.15, 0.2) is 11.6 Å². The van der Waals surface area contributed by atoms with E-state index in [1.807, 2.05) is 59.9 Å². The van der Waals surface area contributed by atoms with Crippen molar-refractivity contribution < 1.29 is 4.79 Å². The van der Waals surface area contributed by atoms with Gasteiger partial charge in [0.1, 0.15) is 5.82 Å². The van der Waals surface area contributed by atoms with E-state index in [1.165, 1.54) is 31.3 Å². The molecule has 0 radical (unpaired) electrons. The fourth-order valence-electron chi connectivity index (χ4n) is 4.26. The van der Waals surface area contributed by atoms with Gasteiger partial charge in [-0.05, 0) is 57.2 Å². The maximum absolute atomic E-state index is 12.9. The Balaban J connectivity index is 1.49. The van der Waals surface area contributed by atoms with Gasteiger partial charge in [0.25, 0.3) is 0 Å². The standard InChI is InChI=1S/C25H25N5O/c1-17-28-29-25-24(26-15-14-18-8-4-2-5-9-18)27-21-13-12-20(16-22(21)30(17)25)23(31)19-10-6-3-7-11-19/h3,6-8,10-13,16H,2,4-5,9,14-15H2,1H3,(H,26,27). The highest BCUT2D eigenvalue weighted by Crippen LogP contribution is 2.25. The Kier molecular flexibility index (Phi) is 5.20. The second-order valence-corrected chi connectivity index (χ2v) is 8.05. The molecule has 0 bridgehead atoms. The quantitative estimate of drug-likeness (QED) is 0.352. The average molecular weight is 412 g/mol. The minimum absolute atomic E-state index is 0.00987. The molecule has 0 spiro atoms. The van der Waals surface area contributed by atoms with Crippen LogP contribution >= 0.6 is 0 Å². The summed E-state index contributed by atoms with van der Waals surface area (Å²) in [5.74, 6) is 1.49. The van der Waals surface area contributed by atoms with Gasteiger partial charge in [-0.1, -0.05) is 42.0 Å². The number of hydrogen-bond acceptors (Lipinski definition) is 5. The number of anilines is 1. The molecule has 0 amide bonds. The minimum atomic E-state index is -0.00987. The molecular weight excluding hydrogens is 386 g/mol. The Morgan fingerprint density at radius 1 is 1.06 bits per heavy atom. The second-order valence-electron chi connectivity index (χ2n) is 8.05. The Hall–Kier alpha value is -3.54. The molecule has 0 aliphatic heterocycles. The number of nitrogens with one attached hydrogen (secondary N) is 1. The van der Waals surface area contributed by atoms with Crippen molar-refractivity contribution in [3.8, 4) is 0 Å². The summed E-state index contributed by atoms with van der Waals surface area (Å²) in [6.45, 7) is 2.73. The monoisotopic (exact) mass is 411 g/mol. The van der Waals surface area contributed by atoms with Gasteiger partial charge < -0.3 is 5.32 Å². The van der Waals surface area contributed by atoms with Crippen LogP contribution in [-0.2, 0) is 0 Å². The van der Waals surface area contributed by atoms with Crippen LogP contribution in [-0.4, -0.2) is 31.9 Å². The smallest absolute Gasteiger partial charge is 0.204 e. The van der Waals surface area contributed by atoms with E-state index in [9.17, 15) is 4.79 Å². The first-order valence-corrected chi connectivity index (χ1v) is 10.9. The molecule has 0 atom stereocenters. The van der Waals surface area contributed by atoms with Crippen molar-refractivity contribution in [3.05, 3.63) is 77.1 Å². The Morgan fingerprint density at radius 2 is 1.94 bits per heavy atom. The van der Waals surface area contributed by atoms with Crippen LogP contribution in [0.3, 0.4) is 0 Å². The molecule has 0 unspecified atom stereocenters. The number of benzene rings is 2. The van der Waals surface area contributed by atoms with Crippen LogP contribution in [0.1, 0.15) is 53.8 Å². The van der Waals surface area contributed by atoms with Gasteiger partial charge >= 0.3 is 0 Å². The third kappa shape index (κ3) is 3.81. The maximum atomic E-state index is 12.9. The molecule has 6 nitrogen and oxygen atoms in total. The van der Waals surface area contributed by atoms with Crippen LogP contribution in [0.2, 0.25) is 0 Å². The van der Waals surface area contributed by atoms with Crippen molar-refractivity contribution >= 4 is 28.3 Å². The average Bonchev–Trinajstić information content (AvgIpc) is 3.22. The first kappa shape index (κ1) is 19.4. The third-order valence-electron chi connectivity index (χ3n) is 5.91. The van der Waals surface area contributed by atoms with Gasteiger partial charge in [-0.15, -0.1) is 10.2 Å². The molecule has 156 valence electrons. The van der Waals surface area contributed by atoms with E-state index in [4.69, 9.17) is 4.98 Å². The Morgan fingerprint density at radius 3 is 2.74 bits per heavy atom. The molecule has 1 aliphatic rings. The summed E-state index contributed by atoms with van der Waals surface area (Å²) in [5.41, 5.74) is 5.14. The van der Waals surface area contributed by atoms with E-state index in [-0.39, 0.29) is 5.78 Å². The molecule has 2 aromatic heterocycles. The summed E-state index contributed by atoms with van der Waals surface area (Å²) in [6, 6.07) is 14.9. The van der Waals surface area contributed by atoms with Crippen molar-refractivity contribution in [1.29, 1.82) is 0 Å². The number of rotatable bonds is 6. The summed E-state index contributed by atoms with van der Waals surface area (Å²) in [4.78, 5) is 17.7. The van der Waals surface area contributed by atoms with E-state index >= 15 is 0 Å². The van der Waals surface area contributed by atoms with Gasteiger partial charge in [0.05, 0.1) is 11.0 Å². The molecule has 0 fully saturated rings. The van der Waals surface area contributed by atoms with Crippen LogP contribution in [0.25, 0.3) is 16.7 Å². The van der Waals surface area contributed by atoms with Crippen LogP contribution in [0.15, 0.2) is 60.2 Å². The number of nitrogens with zero attached hydrogens (tertiary/aromatic N) is 4. The number of carbonyl (C=O) groups is 1. The maximum Gasteiger partial charge on any atom is 0.204 e. The first-order chi connectivity index (χ1) is 15.2. The summed E-state index contributed by atoms with van der Waals surface area (Å²) in [5, 5.41) is 12.1. The highest BCUT2D eigenvalue weighted by Gasteiger charge is 2.16. The van der Waals surface area contributed by atoms with Crippen LogP contribution in [0.5, 0.6) is 0 Å². The number of ketones is 1. The zero-order valence-corrected chi connectivity index (χ0v) is 17.6. The van der Waals surface area contributed by atoms with Gasteiger partial charge in [-0.2, -0.15) is 0 Å². The normalized spacial score (nSPS) is 14.0. The zero-order valence-electron chi connectivity index (χ0n) is 17.6. The zero-order chi connectivity index (χ0) is 21.2. The molecule has 2 aromatic carbocycles. The van der Waals surface area contributed by atoms with Crippen molar-refractivity contribution in [1.82, 2.24) is 19.6 Å². The van der Waals surface area contributed by atoms with Gasteiger partial charge in [-0.3, -0.25) is 9.20 Å². The SMILES string of the molecule is Cc1nnc2c(NCCC3=CCCCC3)nc3ccc(C(=O)c4ccccc4)cc3n12. The Bertz CT molecular complexity index is 1290. The van der Waals surface area contributed by atoms with Crippen LogP contribution in [0, 0.1) is 6.92 Å². The molecule has 1 aliphatic carbocycles. The summed E-state index contributed by atoms with van der Waals surface area (Å²) < 4.78 is 1.98. The highest BCUT2D eigenvalue weighted by atomic mass is 16.1. The number of aromatic nitrogens is 4. The van der Waals surface area contributed by atoms with E-state index < -0.39 is 0 Å². The summed E-state index contributed by atoms with van der Waals surface area (Å²) >= 11 is 0. The molecule has 4 aromatic rings. The lowest BCUT2D eigenvalue weighted by molar-refractivity contribution is 0.103. The summed E-state index contributed by atoms with van der Waals surface area (Å²) in [6.07, 6.45) is 8.38. The topological polar surface area (TPSA) is 72.2 Å². The first-order valence-electron chi connectivity index (χ1n) is 10.9. The fourth-order valence-corrected chi connectivity index (χ4v) is 4.26. The molecular formula is C25H25N5O.